The van der Waals surface area contributed by atoms with Crippen molar-refractivity contribution in [3.8, 4) is 0 Å². The maximum Gasteiger partial charge on any atom is 0.425 e. The fourth-order valence-corrected chi connectivity index (χ4v) is 3.81. The van der Waals surface area contributed by atoms with E-state index in [4.69, 9.17) is 79.1 Å². The third-order valence-corrected chi connectivity index (χ3v) is 5.65. The van der Waals surface area contributed by atoms with E-state index in [2.05, 4.69) is 4.98 Å². The quantitative estimate of drug-likeness (QED) is 0.346. The molecule has 8 nitrogen and oxygen atoms in total. The molecule has 0 N–H and O–H groups in total. The van der Waals surface area contributed by atoms with Crippen LogP contribution in [0.5, 0.6) is 0 Å². The number of benzene rings is 1. The number of ether oxygens (including phenoxy) is 2. The predicted octanol–water partition coefficient (Wildman–Crippen LogP) is 6.73. The number of nitrogens with zero attached hydrogens (tertiary/aromatic N) is 3. The minimum absolute atomic E-state index is 0.0337. The zero-order valence-corrected chi connectivity index (χ0v) is 23.1. The largest absolute Gasteiger partial charge is 0.444 e. The number of aryl methyl sites for hydroxylation is 1. The van der Waals surface area contributed by atoms with Gasteiger partial charge in [0.1, 0.15) is 13.2 Å². The summed E-state index contributed by atoms with van der Waals surface area (Å²) < 4.78 is 5.96. The van der Waals surface area contributed by atoms with Gasteiger partial charge in [0.15, 0.2) is 5.82 Å². The summed E-state index contributed by atoms with van der Waals surface area (Å²) in [5.74, 6) is -0.390. The van der Waals surface area contributed by atoms with Gasteiger partial charge in [0.2, 0.25) is 13.5 Å². The van der Waals surface area contributed by atoms with Gasteiger partial charge in [-0.2, -0.15) is 4.90 Å². The van der Waals surface area contributed by atoms with Gasteiger partial charge in [-0.05, 0) is 18.6 Å². The highest BCUT2D eigenvalue weighted by atomic mass is 35.6. The predicted molar refractivity (Wildman–Crippen MR) is 141 cm³/mol. The fourth-order valence-electron chi connectivity index (χ4n) is 3.48. The Kier molecular flexibility index (Phi) is 9.46. The van der Waals surface area contributed by atoms with Crippen LogP contribution in [0.25, 0.3) is 0 Å². The summed E-state index contributed by atoms with van der Waals surface area (Å²) in [6.07, 6.45) is -0.909. The van der Waals surface area contributed by atoms with E-state index in [-0.39, 0.29) is 17.6 Å². The van der Waals surface area contributed by atoms with Gasteiger partial charge < -0.3 is 14.4 Å². The Hall–Kier alpha value is -1.68. The standard InChI is InChI=1S/C22H19Cl6N3O5/c1-13-3-2-4-14(7-13)15-8-18(32)30(10-15)16-5-6-29-17(9-16)31(19(33)35-11-21(23,24)25)20(34)36-12-22(26,27)28/h2-7,9,15H,8,10-12H2,1H3. The summed E-state index contributed by atoms with van der Waals surface area (Å²) in [4.78, 5) is 44.3. The molecule has 194 valence electrons. The number of carbonyl (C=O) groups is 3. The van der Waals surface area contributed by atoms with Crippen molar-refractivity contribution < 1.29 is 23.9 Å². The van der Waals surface area contributed by atoms with E-state index in [1.54, 1.807) is 6.07 Å². The average Bonchev–Trinajstić information content (AvgIpc) is 3.17. The van der Waals surface area contributed by atoms with Gasteiger partial charge in [0, 0.05) is 36.8 Å². The summed E-state index contributed by atoms with van der Waals surface area (Å²) in [5.41, 5.74) is 2.52. The number of aromatic nitrogens is 1. The number of hydrogen-bond acceptors (Lipinski definition) is 6. The first-order valence-corrected chi connectivity index (χ1v) is 12.6. The fraction of sp³-hybridized carbons (Fsp3) is 0.364. The van der Waals surface area contributed by atoms with E-state index in [9.17, 15) is 14.4 Å². The lowest BCUT2D eigenvalue weighted by Gasteiger charge is -2.23. The molecular weight excluding hydrogens is 599 g/mol. The van der Waals surface area contributed by atoms with Gasteiger partial charge in [0.25, 0.3) is 0 Å². The molecule has 36 heavy (non-hydrogen) atoms. The van der Waals surface area contributed by atoms with Gasteiger partial charge in [-0.1, -0.05) is 99.4 Å². The maximum absolute atomic E-state index is 12.8. The Morgan fingerprint density at radius 2 is 1.64 bits per heavy atom. The first-order valence-electron chi connectivity index (χ1n) is 10.3. The SMILES string of the molecule is Cc1cccc(C2CC(=O)N(c3ccnc(N(C(=O)OCC(Cl)(Cl)Cl)C(=O)OCC(Cl)(Cl)Cl)c3)C2)c1. The van der Waals surface area contributed by atoms with Crippen LogP contribution >= 0.6 is 69.6 Å². The molecule has 1 saturated heterocycles. The zero-order valence-electron chi connectivity index (χ0n) is 18.6. The Morgan fingerprint density at radius 3 is 2.19 bits per heavy atom. The molecule has 1 aliphatic heterocycles. The monoisotopic (exact) mass is 615 g/mol. The minimum atomic E-state index is -1.94. The summed E-state index contributed by atoms with van der Waals surface area (Å²) >= 11 is 33.8. The van der Waals surface area contributed by atoms with Crippen LogP contribution in [0.4, 0.5) is 21.1 Å². The van der Waals surface area contributed by atoms with Crippen LogP contribution in [0.3, 0.4) is 0 Å². The van der Waals surface area contributed by atoms with Gasteiger partial charge in [0.05, 0.1) is 0 Å². The molecule has 0 spiro atoms. The van der Waals surface area contributed by atoms with E-state index >= 15 is 0 Å². The molecule has 1 atom stereocenters. The van der Waals surface area contributed by atoms with Crippen molar-refractivity contribution in [1.29, 1.82) is 0 Å². The number of amides is 3. The normalized spacial score (nSPS) is 16.1. The highest BCUT2D eigenvalue weighted by molar-refractivity contribution is 6.68. The van der Waals surface area contributed by atoms with Crippen LogP contribution in [0.2, 0.25) is 0 Å². The van der Waals surface area contributed by atoms with E-state index < -0.39 is 33.0 Å². The van der Waals surface area contributed by atoms with E-state index in [0.717, 1.165) is 11.1 Å². The van der Waals surface area contributed by atoms with Crippen LogP contribution < -0.4 is 9.80 Å². The molecule has 0 radical (unpaired) electrons. The third kappa shape index (κ3) is 8.16. The molecule has 1 aromatic heterocycles. The number of hydrogen-bond donors (Lipinski definition) is 0. The Bertz CT molecular complexity index is 1110. The summed E-state index contributed by atoms with van der Waals surface area (Å²) in [5, 5.41) is 0. The number of imide groups is 1. The van der Waals surface area contributed by atoms with Crippen molar-refractivity contribution in [2.24, 2.45) is 0 Å². The number of alkyl halides is 6. The van der Waals surface area contributed by atoms with Crippen molar-refractivity contribution >= 4 is 99.2 Å². The second-order valence-electron chi connectivity index (χ2n) is 7.87. The van der Waals surface area contributed by atoms with Crippen LogP contribution in [0.15, 0.2) is 42.6 Å². The van der Waals surface area contributed by atoms with Gasteiger partial charge in [-0.15, -0.1) is 0 Å². The van der Waals surface area contributed by atoms with Gasteiger partial charge in [-0.3, -0.25) is 4.79 Å². The van der Waals surface area contributed by atoms with Crippen molar-refractivity contribution in [2.45, 2.75) is 26.8 Å². The van der Waals surface area contributed by atoms with Crippen molar-refractivity contribution in [3.05, 3.63) is 53.7 Å². The van der Waals surface area contributed by atoms with E-state index in [0.29, 0.717) is 23.6 Å². The molecular formula is C22H19Cl6N3O5. The first kappa shape index (κ1) is 28.9. The molecule has 3 amide bonds. The molecule has 0 bridgehead atoms. The molecule has 2 aromatic rings. The number of pyridine rings is 1. The van der Waals surface area contributed by atoms with Gasteiger partial charge >= 0.3 is 12.2 Å². The topological polar surface area (TPSA) is 89.0 Å². The Morgan fingerprint density at radius 1 is 1.03 bits per heavy atom. The van der Waals surface area contributed by atoms with Crippen LogP contribution in [0.1, 0.15) is 23.5 Å². The number of carbonyl (C=O) groups excluding carboxylic acids is 3. The lowest BCUT2D eigenvalue weighted by molar-refractivity contribution is -0.117. The highest BCUT2D eigenvalue weighted by Crippen LogP contribution is 2.34. The van der Waals surface area contributed by atoms with Crippen molar-refractivity contribution in [1.82, 2.24) is 4.98 Å². The molecule has 1 fully saturated rings. The molecule has 14 heteroatoms. The van der Waals surface area contributed by atoms with Gasteiger partial charge in [-0.25, -0.2) is 14.6 Å². The lowest BCUT2D eigenvalue weighted by atomic mass is 9.97. The molecule has 3 rings (SSSR count). The van der Waals surface area contributed by atoms with E-state index in [1.165, 1.54) is 17.2 Å². The summed E-state index contributed by atoms with van der Waals surface area (Å²) in [6.45, 7) is 1.02. The zero-order chi connectivity index (χ0) is 26.7. The van der Waals surface area contributed by atoms with E-state index in [1.807, 2.05) is 31.2 Å². The molecule has 1 aliphatic rings. The number of rotatable bonds is 5. The highest BCUT2D eigenvalue weighted by Gasteiger charge is 2.35. The summed E-state index contributed by atoms with van der Waals surface area (Å²) in [6, 6.07) is 10.8. The second kappa shape index (κ2) is 11.8. The molecule has 0 aliphatic carbocycles. The number of halogens is 6. The van der Waals surface area contributed by atoms with Crippen molar-refractivity contribution in [2.75, 3.05) is 29.6 Å². The van der Waals surface area contributed by atoms with Crippen LogP contribution in [-0.2, 0) is 14.3 Å². The molecule has 1 aromatic carbocycles. The first-order chi connectivity index (χ1) is 16.7. The Balaban J connectivity index is 1.86. The summed E-state index contributed by atoms with van der Waals surface area (Å²) in [7, 11) is 0. The smallest absolute Gasteiger partial charge is 0.425 e. The Labute approximate surface area is 237 Å². The average molecular weight is 618 g/mol. The lowest BCUT2D eigenvalue weighted by Crippen LogP contribution is -2.40. The second-order valence-corrected chi connectivity index (χ2v) is 12.9. The third-order valence-electron chi connectivity index (χ3n) is 4.99. The maximum atomic E-state index is 12.8. The van der Waals surface area contributed by atoms with Crippen LogP contribution in [0, 0.1) is 6.92 Å². The minimum Gasteiger partial charge on any atom is -0.444 e. The van der Waals surface area contributed by atoms with Crippen molar-refractivity contribution in [3.63, 3.8) is 0 Å². The molecule has 2 heterocycles. The molecule has 0 saturated carbocycles. The van der Waals surface area contributed by atoms with Crippen LogP contribution in [-0.4, -0.2) is 50.4 Å². The number of anilines is 2. The molecule has 1 unspecified atom stereocenters.